The molecule has 4 rings (SSSR count). The Morgan fingerprint density at radius 2 is 1.72 bits per heavy atom. The van der Waals surface area contributed by atoms with Gasteiger partial charge in [-0.3, -0.25) is 9.69 Å². The molecule has 0 spiro atoms. The van der Waals surface area contributed by atoms with Gasteiger partial charge in [0.15, 0.2) is 17.3 Å². The number of nitrogens with zero attached hydrogens (tertiary/aromatic N) is 1. The Balaban J connectivity index is 1.39. The van der Waals surface area contributed by atoms with Crippen LogP contribution in [-0.4, -0.2) is 63.3 Å². The van der Waals surface area contributed by atoms with Gasteiger partial charge in [0.1, 0.15) is 13.2 Å². The fourth-order valence-electron chi connectivity index (χ4n) is 3.67. The molecule has 154 valence electrons. The van der Waals surface area contributed by atoms with Crippen LogP contribution >= 0.6 is 11.6 Å². The molecule has 0 saturated carbocycles. The van der Waals surface area contributed by atoms with E-state index < -0.39 is 0 Å². The third-order valence-corrected chi connectivity index (χ3v) is 5.48. The van der Waals surface area contributed by atoms with E-state index in [1.807, 2.05) is 24.3 Å². The molecule has 1 atom stereocenters. The Labute approximate surface area is 175 Å². The zero-order valence-corrected chi connectivity index (χ0v) is 17.0. The van der Waals surface area contributed by atoms with E-state index in [0.717, 1.165) is 31.3 Å². The van der Waals surface area contributed by atoms with Crippen molar-refractivity contribution in [1.82, 2.24) is 10.2 Å². The standard InChI is InChI=1S/C22H25ClN2O4/c23-18-4-1-16(2-5-18)19(25-7-9-27-10-8-25)14-24-15-20(26)17-3-6-21-22(13-17)29-12-11-28-21/h1-6,13,19,24H,7-12,14-15H2. The van der Waals surface area contributed by atoms with E-state index in [9.17, 15) is 4.79 Å². The SMILES string of the molecule is O=C(CNCC(c1ccc(Cl)cc1)N1CCOCC1)c1ccc2c(c1)OCCO2. The largest absolute Gasteiger partial charge is 0.486 e. The first-order chi connectivity index (χ1) is 14.2. The van der Waals surface area contributed by atoms with E-state index in [2.05, 4.69) is 10.2 Å². The predicted octanol–water partition coefficient (Wildman–Crippen LogP) is 2.96. The molecule has 0 amide bonds. The molecule has 2 aromatic carbocycles. The molecule has 1 fully saturated rings. The first-order valence-electron chi connectivity index (χ1n) is 9.91. The lowest BCUT2D eigenvalue weighted by Gasteiger charge is -2.35. The van der Waals surface area contributed by atoms with Gasteiger partial charge in [-0.25, -0.2) is 0 Å². The second kappa shape index (κ2) is 9.59. The number of hydrogen-bond donors (Lipinski definition) is 1. The molecule has 2 aromatic rings. The second-order valence-corrected chi connectivity index (χ2v) is 7.56. The van der Waals surface area contributed by atoms with Crippen LogP contribution in [0.4, 0.5) is 0 Å². The van der Waals surface area contributed by atoms with E-state index in [0.29, 0.717) is 36.8 Å². The lowest BCUT2D eigenvalue weighted by Crippen LogP contribution is -2.43. The van der Waals surface area contributed by atoms with Crippen molar-refractivity contribution in [2.75, 3.05) is 52.6 Å². The van der Waals surface area contributed by atoms with E-state index >= 15 is 0 Å². The van der Waals surface area contributed by atoms with Gasteiger partial charge in [0.25, 0.3) is 0 Å². The maximum Gasteiger partial charge on any atom is 0.176 e. The fraction of sp³-hybridized carbons (Fsp3) is 0.409. The summed E-state index contributed by atoms with van der Waals surface area (Å²) in [5.41, 5.74) is 1.80. The second-order valence-electron chi connectivity index (χ2n) is 7.13. The number of fused-ring (bicyclic) bond motifs is 1. The molecule has 2 aliphatic heterocycles. The van der Waals surface area contributed by atoms with Gasteiger partial charge in [0, 0.05) is 36.3 Å². The molecule has 1 unspecified atom stereocenters. The highest BCUT2D eigenvalue weighted by Gasteiger charge is 2.23. The summed E-state index contributed by atoms with van der Waals surface area (Å²) in [7, 11) is 0. The van der Waals surface area contributed by atoms with Crippen molar-refractivity contribution in [2.24, 2.45) is 0 Å². The van der Waals surface area contributed by atoms with E-state index in [-0.39, 0.29) is 18.4 Å². The molecule has 0 aliphatic carbocycles. The highest BCUT2D eigenvalue weighted by atomic mass is 35.5. The van der Waals surface area contributed by atoms with Crippen molar-refractivity contribution < 1.29 is 19.0 Å². The monoisotopic (exact) mass is 416 g/mol. The van der Waals surface area contributed by atoms with Crippen molar-refractivity contribution in [3.05, 3.63) is 58.6 Å². The van der Waals surface area contributed by atoms with Crippen LogP contribution in [0.5, 0.6) is 11.5 Å². The number of nitrogens with one attached hydrogen (secondary N) is 1. The number of ether oxygens (including phenoxy) is 3. The number of ketones is 1. The number of carbonyl (C=O) groups excluding carboxylic acids is 1. The van der Waals surface area contributed by atoms with Gasteiger partial charge in [0.05, 0.1) is 19.8 Å². The molecule has 7 heteroatoms. The van der Waals surface area contributed by atoms with Gasteiger partial charge in [-0.05, 0) is 35.9 Å². The Hall–Kier alpha value is -2.12. The molecule has 0 aromatic heterocycles. The van der Waals surface area contributed by atoms with Crippen molar-refractivity contribution >= 4 is 17.4 Å². The molecule has 0 radical (unpaired) electrons. The van der Waals surface area contributed by atoms with Crippen molar-refractivity contribution in [1.29, 1.82) is 0 Å². The van der Waals surface area contributed by atoms with Crippen molar-refractivity contribution in [2.45, 2.75) is 6.04 Å². The van der Waals surface area contributed by atoms with Crippen LogP contribution in [0.3, 0.4) is 0 Å². The Morgan fingerprint density at radius 3 is 2.48 bits per heavy atom. The first-order valence-corrected chi connectivity index (χ1v) is 10.3. The van der Waals surface area contributed by atoms with Gasteiger partial charge in [-0.15, -0.1) is 0 Å². The third kappa shape index (κ3) is 5.08. The van der Waals surface area contributed by atoms with Crippen LogP contribution in [-0.2, 0) is 4.74 Å². The molecule has 1 N–H and O–H groups in total. The van der Waals surface area contributed by atoms with E-state index in [1.165, 1.54) is 5.56 Å². The van der Waals surface area contributed by atoms with Crippen LogP contribution in [0.2, 0.25) is 5.02 Å². The van der Waals surface area contributed by atoms with Crippen LogP contribution in [0.1, 0.15) is 22.0 Å². The number of hydrogen-bond acceptors (Lipinski definition) is 6. The molecule has 0 bridgehead atoms. The van der Waals surface area contributed by atoms with Gasteiger partial charge in [-0.2, -0.15) is 0 Å². The average Bonchev–Trinajstić information content (AvgIpc) is 2.77. The van der Waals surface area contributed by atoms with Crippen molar-refractivity contribution in [3.8, 4) is 11.5 Å². The zero-order chi connectivity index (χ0) is 20.1. The normalized spacial score (nSPS) is 17.7. The average molecular weight is 417 g/mol. The summed E-state index contributed by atoms with van der Waals surface area (Å²) in [6.07, 6.45) is 0. The number of benzene rings is 2. The highest BCUT2D eigenvalue weighted by molar-refractivity contribution is 6.30. The number of carbonyl (C=O) groups is 1. The summed E-state index contributed by atoms with van der Waals surface area (Å²) < 4.78 is 16.6. The summed E-state index contributed by atoms with van der Waals surface area (Å²) in [6.45, 7) is 5.14. The van der Waals surface area contributed by atoms with Gasteiger partial charge >= 0.3 is 0 Å². The number of Topliss-reactive ketones (excluding diaryl/α,β-unsaturated/α-hetero) is 1. The summed E-state index contributed by atoms with van der Waals surface area (Å²) in [5.74, 6) is 1.35. The molecule has 1 saturated heterocycles. The number of morpholine rings is 1. The maximum atomic E-state index is 12.7. The lowest BCUT2D eigenvalue weighted by atomic mass is 10.0. The Kier molecular flexibility index (Phi) is 6.67. The van der Waals surface area contributed by atoms with Crippen LogP contribution < -0.4 is 14.8 Å². The number of halogens is 1. The third-order valence-electron chi connectivity index (χ3n) is 5.23. The van der Waals surface area contributed by atoms with E-state index in [1.54, 1.807) is 18.2 Å². The fourth-order valence-corrected chi connectivity index (χ4v) is 3.80. The van der Waals surface area contributed by atoms with Crippen LogP contribution in [0.15, 0.2) is 42.5 Å². The predicted molar refractivity (Wildman–Crippen MR) is 111 cm³/mol. The summed E-state index contributed by atoms with van der Waals surface area (Å²) in [5, 5.41) is 4.06. The van der Waals surface area contributed by atoms with Gasteiger partial charge in [-0.1, -0.05) is 23.7 Å². The van der Waals surface area contributed by atoms with Gasteiger partial charge < -0.3 is 19.5 Å². The smallest absolute Gasteiger partial charge is 0.176 e. The highest BCUT2D eigenvalue weighted by Crippen LogP contribution is 2.30. The molecular weight excluding hydrogens is 392 g/mol. The van der Waals surface area contributed by atoms with Crippen LogP contribution in [0.25, 0.3) is 0 Å². The number of rotatable bonds is 7. The van der Waals surface area contributed by atoms with Crippen molar-refractivity contribution in [3.63, 3.8) is 0 Å². The quantitative estimate of drug-likeness (QED) is 0.700. The molecule has 29 heavy (non-hydrogen) atoms. The zero-order valence-electron chi connectivity index (χ0n) is 16.2. The van der Waals surface area contributed by atoms with Gasteiger partial charge in [0.2, 0.25) is 0 Å². The molecular formula is C22H25ClN2O4. The minimum Gasteiger partial charge on any atom is -0.486 e. The lowest BCUT2D eigenvalue weighted by molar-refractivity contribution is 0.0162. The Morgan fingerprint density at radius 1 is 1.00 bits per heavy atom. The molecule has 2 heterocycles. The minimum absolute atomic E-state index is 0.0267. The summed E-state index contributed by atoms with van der Waals surface area (Å²) >= 11 is 6.05. The first kappa shape index (κ1) is 20.2. The topological polar surface area (TPSA) is 60.0 Å². The Bertz CT molecular complexity index is 837. The van der Waals surface area contributed by atoms with E-state index in [4.69, 9.17) is 25.8 Å². The minimum atomic E-state index is 0.0267. The van der Waals surface area contributed by atoms with Crippen LogP contribution in [0, 0.1) is 0 Å². The molecule has 6 nitrogen and oxygen atoms in total. The molecule has 2 aliphatic rings. The summed E-state index contributed by atoms with van der Waals surface area (Å²) in [6, 6.07) is 13.4. The maximum absolute atomic E-state index is 12.7. The summed E-state index contributed by atoms with van der Waals surface area (Å²) in [4.78, 5) is 15.0.